The minimum Gasteiger partial charge on any atom is -0.479 e. The molecule has 1 aliphatic carbocycles. The Morgan fingerprint density at radius 1 is 1.32 bits per heavy atom. The maximum atomic E-state index is 12.7. The Morgan fingerprint density at radius 3 is 2.60 bits per heavy atom. The lowest BCUT2D eigenvalue weighted by Crippen LogP contribution is -2.52. The SMILES string of the molecule is Cc1cnn(C2(C(=O)O)CCN(C(=O)c3cc(C4CC4)[nH]n3)CC2)c1. The van der Waals surface area contributed by atoms with Gasteiger partial charge in [-0.1, -0.05) is 0 Å². The molecule has 8 nitrogen and oxygen atoms in total. The van der Waals surface area contributed by atoms with Crippen molar-refractivity contribution < 1.29 is 14.7 Å². The Hall–Kier alpha value is -2.64. The smallest absolute Gasteiger partial charge is 0.331 e. The van der Waals surface area contributed by atoms with Crippen LogP contribution in [0, 0.1) is 6.92 Å². The largest absolute Gasteiger partial charge is 0.479 e. The van der Waals surface area contributed by atoms with Crippen molar-refractivity contribution in [1.82, 2.24) is 24.9 Å². The molecule has 2 aromatic rings. The molecule has 25 heavy (non-hydrogen) atoms. The van der Waals surface area contributed by atoms with Gasteiger partial charge in [0, 0.05) is 43.7 Å². The van der Waals surface area contributed by atoms with E-state index >= 15 is 0 Å². The molecule has 0 atom stereocenters. The predicted octanol–water partition coefficient (Wildman–Crippen LogP) is 1.51. The standard InChI is InChI=1S/C17H21N5O3/c1-11-9-18-22(10-11)17(16(24)25)4-6-21(7-5-17)15(23)14-8-13(19-20-14)12-2-3-12/h8-10,12H,2-7H2,1H3,(H,19,20)(H,24,25). The number of aliphatic carboxylic acids is 1. The lowest BCUT2D eigenvalue weighted by molar-refractivity contribution is -0.150. The van der Waals surface area contributed by atoms with Crippen molar-refractivity contribution in [3.63, 3.8) is 0 Å². The lowest BCUT2D eigenvalue weighted by atomic mass is 9.87. The number of H-pyrrole nitrogens is 1. The maximum Gasteiger partial charge on any atom is 0.331 e. The number of carboxylic acids is 1. The summed E-state index contributed by atoms with van der Waals surface area (Å²) >= 11 is 0. The number of rotatable bonds is 4. The van der Waals surface area contributed by atoms with E-state index in [-0.39, 0.29) is 5.91 Å². The second-order valence-electron chi connectivity index (χ2n) is 7.07. The topological polar surface area (TPSA) is 104 Å². The summed E-state index contributed by atoms with van der Waals surface area (Å²) in [5.74, 6) is -0.532. The third-order valence-electron chi connectivity index (χ3n) is 5.26. The molecule has 3 heterocycles. The van der Waals surface area contributed by atoms with Crippen LogP contribution in [-0.4, -0.2) is 55.0 Å². The van der Waals surface area contributed by atoms with Crippen LogP contribution in [0.15, 0.2) is 18.5 Å². The molecule has 0 radical (unpaired) electrons. The zero-order valence-electron chi connectivity index (χ0n) is 14.1. The van der Waals surface area contributed by atoms with Crippen molar-refractivity contribution in [2.45, 2.75) is 44.1 Å². The molecular weight excluding hydrogens is 322 g/mol. The Bertz CT molecular complexity index is 812. The number of aromatic amines is 1. The van der Waals surface area contributed by atoms with Gasteiger partial charge in [0.15, 0.2) is 5.54 Å². The van der Waals surface area contributed by atoms with Gasteiger partial charge in [0.2, 0.25) is 0 Å². The van der Waals surface area contributed by atoms with Gasteiger partial charge in [-0.15, -0.1) is 0 Å². The van der Waals surface area contributed by atoms with E-state index in [0.717, 1.165) is 24.1 Å². The van der Waals surface area contributed by atoms with Gasteiger partial charge in [0.25, 0.3) is 5.91 Å². The molecule has 0 bridgehead atoms. The monoisotopic (exact) mass is 343 g/mol. The number of amides is 1. The third-order valence-corrected chi connectivity index (χ3v) is 5.26. The van der Waals surface area contributed by atoms with Gasteiger partial charge < -0.3 is 10.0 Å². The quantitative estimate of drug-likeness (QED) is 0.875. The van der Waals surface area contributed by atoms with E-state index in [4.69, 9.17) is 0 Å². The second kappa shape index (κ2) is 5.72. The van der Waals surface area contributed by atoms with Crippen LogP contribution in [0.2, 0.25) is 0 Å². The molecule has 2 fully saturated rings. The second-order valence-corrected chi connectivity index (χ2v) is 7.07. The lowest BCUT2D eigenvalue weighted by Gasteiger charge is -2.38. The summed E-state index contributed by atoms with van der Waals surface area (Å²) in [5, 5.41) is 21.1. The summed E-state index contributed by atoms with van der Waals surface area (Å²) in [6.45, 7) is 2.62. The Balaban J connectivity index is 1.49. The van der Waals surface area contributed by atoms with Gasteiger partial charge in [0.05, 0.1) is 6.20 Å². The first-order chi connectivity index (χ1) is 12.0. The average Bonchev–Trinajstić information content (AvgIpc) is 3.17. The molecule has 0 unspecified atom stereocenters. The molecular formula is C17H21N5O3. The van der Waals surface area contributed by atoms with Gasteiger partial charge in [0.1, 0.15) is 5.69 Å². The number of hydrogen-bond donors (Lipinski definition) is 2. The minimum absolute atomic E-state index is 0.140. The summed E-state index contributed by atoms with van der Waals surface area (Å²) in [5.41, 5.74) is 1.27. The van der Waals surface area contributed by atoms with Crippen molar-refractivity contribution in [2.24, 2.45) is 0 Å². The normalized spacial score (nSPS) is 19.8. The van der Waals surface area contributed by atoms with Crippen LogP contribution in [0.1, 0.15) is 53.3 Å². The van der Waals surface area contributed by atoms with E-state index in [1.165, 1.54) is 4.68 Å². The van der Waals surface area contributed by atoms with E-state index in [2.05, 4.69) is 15.3 Å². The fourth-order valence-electron chi connectivity index (χ4n) is 3.48. The van der Waals surface area contributed by atoms with Gasteiger partial charge in [-0.05, 0) is 31.4 Å². The highest BCUT2D eigenvalue weighted by Crippen LogP contribution is 2.39. The van der Waals surface area contributed by atoms with E-state index in [1.54, 1.807) is 17.3 Å². The molecule has 0 aromatic carbocycles. The Morgan fingerprint density at radius 2 is 2.04 bits per heavy atom. The first-order valence-electron chi connectivity index (χ1n) is 8.59. The number of aryl methyl sites for hydroxylation is 1. The molecule has 132 valence electrons. The van der Waals surface area contributed by atoms with E-state index in [9.17, 15) is 14.7 Å². The molecule has 1 saturated heterocycles. The fraction of sp³-hybridized carbons (Fsp3) is 0.529. The van der Waals surface area contributed by atoms with Crippen LogP contribution >= 0.6 is 0 Å². The van der Waals surface area contributed by atoms with Gasteiger partial charge in [-0.2, -0.15) is 10.2 Å². The zero-order valence-corrected chi connectivity index (χ0v) is 14.1. The number of carboxylic acid groups (broad SMARTS) is 1. The number of likely N-dealkylation sites (tertiary alicyclic amines) is 1. The molecule has 8 heteroatoms. The summed E-state index contributed by atoms with van der Waals surface area (Å²) in [7, 11) is 0. The molecule has 1 aliphatic heterocycles. The fourth-order valence-corrected chi connectivity index (χ4v) is 3.48. The van der Waals surface area contributed by atoms with Crippen LogP contribution in [0.4, 0.5) is 0 Å². The summed E-state index contributed by atoms with van der Waals surface area (Å²) in [6.07, 6.45) is 6.35. The van der Waals surface area contributed by atoms with E-state index in [1.807, 2.05) is 13.0 Å². The van der Waals surface area contributed by atoms with Crippen molar-refractivity contribution >= 4 is 11.9 Å². The highest BCUT2D eigenvalue weighted by Gasteiger charge is 2.45. The van der Waals surface area contributed by atoms with Crippen molar-refractivity contribution in [3.05, 3.63) is 35.4 Å². The van der Waals surface area contributed by atoms with Gasteiger partial charge >= 0.3 is 5.97 Å². The van der Waals surface area contributed by atoms with Crippen molar-refractivity contribution in [1.29, 1.82) is 0 Å². The molecule has 1 saturated carbocycles. The first-order valence-corrected chi connectivity index (χ1v) is 8.59. The van der Waals surface area contributed by atoms with Gasteiger partial charge in [-0.25, -0.2) is 4.79 Å². The highest BCUT2D eigenvalue weighted by atomic mass is 16.4. The summed E-state index contributed by atoms with van der Waals surface area (Å²) in [6, 6.07) is 1.83. The first kappa shape index (κ1) is 15.9. The summed E-state index contributed by atoms with van der Waals surface area (Å²) in [4.78, 5) is 26.3. The predicted molar refractivity (Wildman–Crippen MR) is 88.3 cm³/mol. The maximum absolute atomic E-state index is 12.7. The molecule has 4 rings (SSSR count). The zero-order chi connectivity index (χ0) is 17.6. The van der Waals surface area contributed by atoms with Crippen molar-refractivity contribution in [3.8, 4) is 0 Å². The number of nitrogens with one attached hydrogen (secondary N) is 1. The Labute approximate surface area is 144 Å². The van der Waals surface area contributed by atoms with Crippen LogP contribution in [-0.2, 0) is 10.3 Å². The number of carbonyl (C=O) groups excluding carboxylic acids is 1. The van der Waals surface area contributed by atoms with E-state index in [0.29, 0.717) is 37.5 Å². The van der Waals surface area contributed by atoms with Crippen molar-refractivity contribution in [2.75, 3.05) is 13.1 Å². The minimum atomic E-state index is -1.09. The number of nitrogens with zero attached hydrogens (tertiary/aromatic N) is 4. The van der Waals surface area contributed by atoms with Crippen LogP contribution in [0.25, 0.3) is 0 Å². The van der Waals surface area contributed by atoms with Gasteiger partial charge in [-0.3, -0.25) is 14.6 Å². The van der Waals surface area contributed by atoms with Crippen LogP contribution in [0.5, 0.6) is 0 Å². The molecule has 0 spiro atoms. The molecule has 1 amide bonds. The highest BCUT2D eigenvalue weighted by molar-refractivity contribution is 5.92. The number of aromatic nitrogens is 4. The average molecular weight is 343 g/mol. The number of carbonyl (C=O) groups is 2. The molecule has 2 aliphatic rings. The van der Waals surface area contributed by atoms with Crippen LogP contribution < -0.4 is 0 Å². The Kier molecular flexibility index (Phi) is 3.63. The van der Waals surface area contributed by atoms with Crippen LogP contribution in [0.3, 0.4) is 0 Å². The summed E-state index contributed by atoms with van der Waals surface area (Å²) < 4.78 is 1.53. The molecule has 2 N–H and O–H groups in total. The third kappa shape index (κ3) is 2.71. The number of hydrogen-bond acceptors (Lipinski definition) is 4. The molecule has 2 aromatic heterocycles. The number of piperidine rings is 1. The van der Waals surface area contributed by atoms with E-state index < -0.39 is 11.5 Å².